The molecular weight excluding hydrogens is 274 g/mol. The maximum Gasteiger partial charge on any atom is 0.223 e. The highest BCUT2D eigenvalue weighted by atomic mass is 16.5. The van der Waals surface area contributed by atoms with Gasteiger partial charge in [0.15, 0.2) is 0 Å². The van der Waals surface area contributed by atoms with Crippen molar-refractivity contribution in [2.45, 2.75) is 24.7 Å². The monoisotopic (exact) mass is 295 g/mol. The third-order valence-electron chi connectivity index (χ3n) is 4.20. The van der Waals surface area contributed by atoms with Crippen molar-refractivity contribution in [3.63, 3.8) is 0 Å². The first-order chi connectivity index (χ1) is 10.8. The lowest BCUT2D eigenvalue weighted by molar-refractivity contribution is -0.121. The normalized spacial score (nSPS) is 15.1. The van der Waals surface area contributed by atoms with E-state index in [2.05, 4.69) is 29.6 Å². The number of amides is 1. The lowest BCUT2D eigenvalue weighted by Gasteiger charge is -2.16. The first kappa shape index (κ1) is 14.6. The number of para-hydroxylation sites is 1. The van der Waals surface area contributed by atoms with Crippen LogP contribution in [0.2, 0.25) is 0 Å². The molecule has 0 atom stereocenters. The number of benzene rings is 2. The summed E-state index contributed by atoms with van der Waals surface area (Å²) in [6.45, 7) is 1.13. The minimum atomic E-state index is 0.0538. The minimum Gasteiger partial charge on any atom is -0.493 e. The van der Waals surface area contributed by atoms with Crippen LogP contribution in [0.15, 0.2) is 60.7 Å². The zero-order valence-electron chi connectivity index (χ0n) is 12.6. The molecule has 0 saturated heterocycles. The lowest BCUT2D eigenvalue weighted by atomic mass is 9.96. The standard InChI is InChI=1S/C19H21NO2/c21-18(11-14-22-17-9-5-2-6-10-17)20-15-19(12-13-19)16-7-3-1-4-8-16/h1-10H,11-15H2,(H,20,21). The summed E-state index contributed by atoms with van der Waals surface area (Å²) in [6.07, 6.45) is 2.69. The Morgan fingerprint density at radius 1 is 1.00 bits per heavy atom. The molecule has 0 radical (unpaired) electrons. The summed E-state index contributed by atoms with van der Waals surface area (Å²) in [5, 5.41) is 3.05. The lowest BCUT2D eigenvalue weighted by Crippen LogP contribution is -2.32. The van der Waals surface area contributed by atoms with Gasteiger partial charge in [0.25, 0.3) is 0 Å². The summed E-state index contributed by atoms with van der Waals surface area (Å²) in [5.41, 5.74) is 1.49. The summed E-state index contributed by atoms with van der Waals surface area (Å²) >= 11 is 0. The van der Waals surface area contributed by atoms with Gasteiger partial charge in [-0.3, -0.25) is 4.79 Å². The number of carbonyl (C=O) groups is 1. The summed E-state index contributed by atoms with van der Waals surface area (Å²) in [5.74, 6) is 0.858. The van der Waals surface area contributed by atoms with Gasteiger partial charge >= 0.3 is 0 Å². The van der Waals surface area contributed by atoms with Gasteiger partial charge < -0.3 is 10.1 Å². The zero-order valence-corrected chi connectivity index (χ0v) is 12.6. The molecule has 3 heteroatoms. The Balaban J connectivity index is 1.41. The second-order valence-electron chi connectivity index (χ2n) is 5.83. The molecule has 0 aromatic heterocycles. The van der Waals surface area contributed by atoms with Crippen LogP contribution >= 0.6 is 0 Å². The number of carbonyl (C=O) groups excluding carboxylic acids is 1. The van der Waals surface area contributed by atoms with E-state index in [0.29, 0.717) is 13.0 Å². The zero-order chi connectivity index (χ0) is 15.3. The van der Waals surface area contributed by atoms with Crippen molar-refractivity contribution in [1.82, 2.24) is 5.32 Å². The molecule has 1 amide bonds. The Morgan fingerprint density at radius 2 is 1.64 bits per heavy atom. The molecule has 1 aliphatic rings. The van der Waals surface area contributed by atoms with Crippen LogP contribution in [0.5, 0.6) is 5.75 Å². The number of hydrogen-bond donors (Lipinski definition) is 1. The van der Waals surface area contributed by atoms with Gasteiger partial charge in [0, 0.05) is 12.0 Å². The maximum absolute atomic E-state index is 11.9. The average Bonchev–Trinajstić information content (AvgIpc) is 3.36. The molecule has 2 aromatic rings. The molecule has 22 heavy (non-hydrogen) atoms. The fourth-order valence-electron chi connectivity index (χ4n) is 2.64. The number of ether oxygens (including phenoxy) is 1. The molecule has 1 saturated carbocycles. The first-order valence-electron chi connectivity index (χ1n) is 7.79. The maximum atomic E-state index is 11.9. The molecule has 1 fully saturated rings. The van der Waals surface area contributed by atoms with Crippen LogP contribution in [0.3, 0.4) is 0 Å². The highest BCUT2D eigenvalue weighted by Gasteiger charge is 2.44. The first-order valence-corrected chi connectivity index (χ1v) is 7.79. The predicted molar refractivity (Wildman–Crippen MR) is 86.9 cm³/mol. The third kappa shape index (κ3) is 3.67. The SMILES string of the molecule is O=C(CCOc1ccccc1)NCC1(c2ccccc2)CC1. The molecular formula is C19H21NO2. The summed E-state index contributed by atoms with van der Waals surface area (Å²) in [6, 6.07) is 20.0. The molecule has 2 aromatic carbocycles. The molecule has 0 unspecified atom stereocenters. The molecule has 0 spiro atoms. The molecule has 114 valence electrons. The summed E-state index contributed by atoms with van der Waals surface area (Å²) < 4.78 is 5.55. The second-order valence-corrected chi connectivity index (χ2v) is 5.83. The van der Waals surface area contributed by atoms with Crippen LogP contribution < -0.4 is 10.1 Å². The van der Waals surface area contributed by atoms with Crippen LogP contribution in [0.25, 0.3) is 0 Å². The van der Waals surface area contributed by atoms with E-state index in [4.69, 9.17) is 4.74 Å². The average molecular weight is 295 g/mol. The van der Waals surface area contributed by atoms with Crippen molar-refractivity contribution >= 4 is 5.91 Å². The smallest absolute Gasteiger partial charge is 0.223 e. The van der Waals surface area contributed by atoms with Gasteiger partial charge in [-0.1, -0.05) is 48.5 Å². The van der Waals surface area contributed by atoms with E-state index in [1.807, 2.05) is 36.4 Å². The Bertz CT molecular complexity index is 606. The minimum absolute atomic E-state index is 0.0538. The Kier molecular flexibility index (Phi) is 4.42. The van der Waals surface area contributed by atoms with Crippen molar-refractivity contribution in [2.24, 2.45) is 0 Å². The van der Waals surface area contributed by atoms with Crippen LogP contribution in [0, 0.1) is 0 Å². The fourth-order valence-corrected chi connectivity index (χ4v) is 2.64. The molecule has 3 nitrogen and oxygen atoms in total. The van der Waals surface area contributed by atoms with Gasteiger partial charge in [-0.25, -0.2) is 0 Å². The van der Waals surface area contributed by atoms with E-state index in [9.17, 15) is 4.79 Å². The van der Waals surface area contributed by atoms with Crippen molar-refractivity contribution < 1.29 is 9.53 Å². The molecule has 0 heterocycles. The van der Waals surface area contributed by atoms with Gasteiger partial charge in [-0.2, -0.15) is 0 Å². The van der Waals surface area contributed by atoms with E-state index in [0.717, 1.165) is 25.1 Å². The Hall–Kier alpha value is -2.29. The van der Waals surface area contributed by atoms with E-state index >= 15 is 0 Å². The van der Waals surface area contributed by atoms with Gasteiger partial charge in [0.1, 0.15) is 5.75 Å². The highest BCUT2D eigenvalue weighted by molar-refractivity contribution is 5.76. The topological polar surface area (TPSA) is 38.3 Å². The largest absolute Gasteiger partial charge is 0.493 e. The molecule has 1 N–H and O–H groups in total. The highest BCUT2D eigenvalue weighted by Crippen LogP contribution is 2.47. The predicted octanol–water partition coefficient (Wildman–Crippen LogP) is 3.30. The molecule has 3 rings (SSSR count). The Labute approximate surface area is 131 Å². The third-order valence-corrected chi connectivity index (χ3v) is 4.20. The fraction of sp³-hybridized carbons (Fsp3) is 0.316. The number of rotatable bonds is 7. The quantitative estimate of drug-likeness (QED) is 0.851. The van der Waals surface area contributed by atoms with Crippen molar-refractivity contribution in [1.29, 1.82) is 0 Å². The van der Waals surface area contributed by atoms with Crippen LogP contribution in [0.1, 0.15) is 24.8 Å². The summed E-state index contributed by atoms with van der Waals surface area (Å²) in [4.78, 5) is 11.9. The summed E-state index contributed by atoms with van der Waals surface area (Å²) in [7, 11) is 0. The van der Waals surface area contributed by atoms with E-state index < -0.39 is 0 Å². The van der Waals surface area contributed by atoms with Crippen molar-refractivity contribution in [2.75, 3.05) is 13.2 Å². The number of nitrogens with one attached hydrogen (secondary N) is 1. The van der Waals surface area contributed by atoms with E-state index in [1.165, 1.54) is 5.56 Å². The number of hydrogen-bond acceptors (Lipinski definition) is 2. The van der Waals surface area contributed by atoms with E-state index in [1.54, 1.807) is 0 Å². The van der Waals surface area contributed by atoms with Crippen LogP contribution in [0.4, 0.5) is 0 Å². The van der Waals surface area contributed by atoms with Crippen LogP contribution in [-0.2, 0) is 10.2 Å². The molecule has 1 aliphatic carbocycles. The van der Waals surface area contributed by atoms with Gasteiger partial charge in [0.2, 0.25) is 5.91 Å². The van der Waals surface area contributed by atoms with E-state index in [-0.39, 0.29) is 11.3 Å². The van der Waals surface area contributed by atoms with Crippen molar-refractivity contribution in [3.05, 3.63) is 66.2 Å². The molecule has 0 aliphatic heterocycles. The van der Waals surface area contributed by atoms with Gasteiger partial charge in [-0.05, 0) is 30.5 Å². The van der Waals surface area contributed by atoms with Gasteiger partial charge in [-0.15, -0.1) is 0 Å². The Morgan fingerprint density at radius 3 is 2.27 bits per heavy atom. The second kappa shape index (κ2) is 6.65. The molecule has 0 bridgehead atoms. The van der Waals surface area contributed by atoms with Gasteiger partial charge in [0.05, 0.1) is 13.0 Å². The van der Waals surface area contributed by atoms with Crippen molar-refractivity contribution in [3.8, 4) is 5.75 Å². The van der Waals surface area contributed by atoms with Crippen LogP contribution in [-0.4, -0.2) is 19.1 Å².